The molecule has 0 aliphatic carbocycles. The molecule has 0 saturated carbocycles. The van der Waals surface area contributed by atoms with Crippen LogP contribution in [0.25, 0.3) is 0 Å². The lowest BCUT2D eigenvalue weighted by atomic mass is 10.2. The van der Waals surface area contributed by atoms with Crippen LogP contribution in [0, 0.1) is 0 Å². The quantitative estimate of drug-likeness (QED) is 0.545. The van der Waals surface area contributed by atoms with E-state index >= 15 is 0 Å². The van der Waals surface area contributed by atoms with E-state index in [-0.39, 0.29) is 0 Å². The third-order valence-electron chi connectivity index (χ3n) is 2.23. The van der Waals surface area contributed by atoms with E-state index < -0.39 is 0 Å². The highest BCUT2D eigenvalue weighted by Crippen LogP contribution is 2.11. The first-order valence-corrected chi connectivity index (χ1v) is 5.09. The zero-order valence-electron chi connectivity index (χ0n) is 7.91. The van der Waals surface area contributed by atoms with Gasteiger partial charge in [0, 0.05) is 13.1 Å². The van der Waals surface area contributed by atoms with Crippen LogP contribution in [0.5, 0.6) is 0 Å². The second-order valence-electron chi connectivity index (χ2n) is 3.22. The van der Waals surface area contributed by atoms with E-state index in [4.69, 9.17) is 18.0 Å². The number of piperidine rings is 1. The van der Waals surface area contributed by atoms with E-state index in [1.54, 1.807) is 0 Å². The van der Waals surface area contributed by atoms with Gasteiger partial charge in [-0.1, -0.05) is 12.5 Å². The van der Waals surface area contributed by atoms with Gasteiger partial charge in [-0.15, -0.1) is 6.58 Å². The summed E-state index contributed by atoms with van der Waals surface area (Å²) in [5.74, 6) is 0. The average molecular weight is 199 g/mol. The van der Waals surface area contributed by atoms with Crippen molar-refractivity contribution in [3.05, 3.63) is 12.7 Å². The van der Waals surface area contributed by atoms with Crippen LogP contribution >= 0.6 is 12.2 Å². The number of rotatable bonds is 3. The Morgan fingerprint density at radius 3 is 2.54 bits per heavy atom. The summed E-state index contributed by atoms with van der Waals surface area (Å²) in [5.41, 5.74) is 5.62. The van der Waals surface area contributed by atoms with E-state index in [9.17, 15) is 0 Å². The average Bonchev–Trinajstić information content (AvgIpc) is 2.15. The minimum Gasteiger partial charge on any atom is -0.375 e. The van der Waals surface area contributed by atoms with Crippen molar-refractivity contribution in [2.24, 2.45) is 5.73 Å². The molecule has 0 aromatic rings. The zero-order valence-corrected chi connectivity index (χ0v) is 8.72. The Balaban J connectivity index is 2.51. The molecule has 0 atom stereocenters. The minimum absolute atomic E-state index is 0.446. The summed E-state index contributed by atoms with van der Waals surface area (Å²) in [4.78, 5) is 0. The summed E-state index contributed by atoms with van der Waals surface area (Å²) < 4.78 is 0. The first kappa shape index (κ1) is 10.5. The molecule has 1 heterocycles. The highest BCUT2D eigenvalue weighted by molar-refractivity contribution is 7.80. The summed E-state index contributed by atoms with van der Waals surface area (Å²) in [6.07, 6.45) is 5.61. The van der Waals surface area contributed by atoms with Crippen molar-refractivity contribution in [1.82, 2.24) is 10.0 Å². The van der Waals surface area contributed by atoms with Crippen molar-refractivity contribution in [2.45, 2.75) is 19.3 Å². The first-order valence-electron chi connectivity index (χ1n) is 4.68. The molecule has 0 spiro atoms. The number of nitrogens with two attached hydrogens (primary N) is 1. The normalized spacial score (nSPS) is 18.2. The molecular weight excluding hydrogens is 182 g/mol. The van der Waals surface area contributed by atoms with Crippen molar-refractivity contribution in [3.8, 4) is 0 Å². The summed E-state index contributed by atoms with van der Waals surface area (Å²) in [7, 11) is 0. The lowest BCUT2D eigenvalue weighted by Crippen LogP contribution is -2.50. The Bertz CT molecular complexity index is 187. The molecule has 0 aromatic carbocycles. The van der Waals surface area contributed by atoms with Crippen LogP contribution < -0.4 is 5.73 Å². The Hall–Kier alpha value is -0.610. The number of hydrogen-bond donors (Lipinski definition) is 1. The molecule has 13 heavy (non-hydrogen) atoms. The molecule has 1 saturated heterocycles. The molecule has 0 bridgehead atoms. The van der Waals surface area contributed by atoms with Gasteiger partial charge in [-0.05, 0) is 25.1 Å². The van der Waals surface area contributed by atoms with Gasteiger partial charge in [0.05, 0.1) is 6.54 Å². The molecular formula is C9H17N3S. The Morgan fingerprint density at radius 2 is 2.08 bits per heavy atom. The number of hydrogen-bond acceptors (Lipinski definition) is 2. The van der Waals surface area contributed by atoms with Crippen molar-refractivity contribution < 1.29 is 0 Å². The fourth-order valence-corrected chi connectivity index (χ4v) is 1.78. The largest absolute Gasteiger partial charge is 0.375 e. The third kappa shape index (κ3) is 2.97. The monoisotopic (exact) mass is 199 g/mol. The van der Waals surface area contributed by atoms with Crippen molar-refractivity contribution in [2.75, 3.05) is 19.6 Å². The summed E-state index contributed by atoms with van der Waals surface area (Å²) in [5, 5.41) is 4.59. The van der Waals surface area contributed by atoms with E-state index in [2.05, 4.69) is 11.6 Å². The molecule has 3 nitrogen and oxygen atoms in total. The van der Waals surface area contributed by atoms with E-state index in [1.807, 2.05) is 11.1 Å². The molecule has 1 aliphatic heterocycles. The molecule has 2 N–H and O–H groups in total. The molecule has 0 radical (unpaired) electrons. The van der Waals surface area contributed by atoms with Crippen LogP contribution in [0.4, 0.5) is 0 Å². The Kier molecular flexibility index (Phi) is 4.18. The fraction of sp³-hybridized carbons (Fsp3) is 0.667. The Morgan fingerprint density at radius 1 is 1.46 bits per heavy atom. The highest BCUT2D eigenvalue weighted by atomic mass is 32.1. The first-order chi connectivity index (χ1) is 6.25. The van der Waals surface area contributed by atoms with Gasteiger partial charge in [0.25, 0.3) is 0 Å². The molecule has 4 heteroatoms. The minimum atomic E-state index is 0.446. The van der Waals surface area contributed by atoms with Crippen LogP contribution in [0.1, 0.15) is 19.3 Å². The van der Waals surface area contributed by atoms with E-state index in [1.165, 1.54) is 19.3 Å². The second-order valence-corrected chi connectivity index (χ2v) is 3.64. The molecule has 1 rings (SSSR count). The van der Waals surface area contributed by atoms with Gasteiger partial charge in [0.15, 0.2) is 5.11 Å². The van der Waals surface area contributed by atoms with Crippen LogP contribution in [-0.4, -0.2) is 34.8 Å². The second kappa shape index (κ2) is 5.19. The van der Waals surface area contributed by atoms with Crippen molar-refractivity contribution in [1.29, 1.82) is 0 Å². The number of nitrogens with zero attached hydrogens (tertiary/aromatic N) is 2. The van der Waals surface area contributed by atoms with Crippen molar-refractivity contribution >= 4 is 17.3 Å². The topological polar surface area (TPSA) is 32.5 Å². The van der Waals surface area contributed by atoms with Gasteiger partial charge in [-0.25, -0.2) is 5.01 Å². The number of hydrazine groups is 1. The predicted molar refractivity (Wildman–Crippen MR) is 59.1 cm³/mol. The van der Waals surface area contributed by atoms with Gasteiger partial charge < -0.3 is 5.73 Å². The molecule has 0 amide bonds. The number of thiocarbonyl (C=S) groups is 1. The molecule has 74 valence electrons. The van der Waals surface area contributed by atoms with Crippen LogP contribution in [-0.2, 0) is 0 Å². The Labute approximate surface area is 85.2 Å². The van der Waals surface area contributed by atoms with Crippen molar-refractivity contribution in [3.63, 3.8) is 0 Å². The van der Waals surface area contributed by atoms with Gasteiger partial charge >= 0.3 is 0 Å². The van der Waals surface area contributed by atoms with Gasteiger partial charge in [0.1, 0.15) is 0 Å². The predicted octanol–water partition coefficient (Wildman–Crippen LogP) is 1.12. The van der Waals surface area contributed by atoms with Crippen LogP contribution in [0.15, 0.2) is 12.7 Å². The highest BCUT2D eigenvalue weighted by Gasteiger charge is 2.17. The SMILES string of the molecule is C=CCN(C(N)=S)N1CCCCC1. The maximum Gasteiger partial charge on any atom is 0.181 e. The molecule has 0 aromatic heterocycles. The summed E-state index contributed by atoms with van der Waals surface area (Å²) in [6, 6.07) is 0. The van der Waals surface area contributed by atoms with E-state index in [0.717, 1.165) is 19.6 Å². The maximum absolute atomic E-state index is 5.62. The van der Waals surface area contributed by atoms with E-state index in [0.29, 0.717) is 5.11 Å². The van der Waals surface area contributed by atoms with Gasteiger partial charge in [0.2, 0.25) is 0 Å². The lowest BCUT2D eigenvalue weighted by molar-refractivity contribution is 0.0364. The van der Waals surface area contributed by atoms with Crippen LogP contribution in [0.2, 0.25) is 0 Å². The molecule has 0 unspecified atom stereocenters. The maximum atomic E-state index is 5.62. The smallest absolute Gasteiger partial charge is 0.181 e. The molecule has 1 aliphatic rings. The standard InChI is InChI=1S/C9H17N3S/c1-2-6-12(9(10)13)11-7-4-3-5-8-11/h2H,1,3-8H2,(H2,10,13). The van der Waals surface area contributed by atoms with Crippen LogP contribution in [0.3, 0.4) is 0 Å². The molecule has 1 fully saturated rings. The van der Waals surface area contributed by atoms with Gasteiger partial charge in [-0.2, -0.15) is 0 Å². The summed E-state index contributed by atoms with van der Waals surface area (Å²) >= 11 is 4.98. The van der Waals surface area contributed by atoms with Gasteiger partial charge in [-0.3, -0.25) is 5.01 Å². The summed E-state index contributed by atoms with van der Waals surface area (Å²) in [6.45, 7) is 6.53. The fourth-order valence-electron chi connectivity index (χ4n) is 1.59. The third-order valence-corrected chi connectivity index (χ3v) is 2.44. The lowest BCUT2D eigenvalue weighted by Gasteiger charge is -2.37. The zero-order chi connectivity index (χ0) is 9.68.